The number of aliphatic hydroxyl groups excluding tert-OH is 1. The molecule has 3 nitrogen and oxygen atoms in total. The van der Waals surface area contributed by atoms with Gasteiger partial charge in [-0.1, -0.05) is 26.8 Å². The van der Waals surface area contributed by atoms with Gasteiger partial charge in [0.2, 0.25) is 0 Å². The molecule has 0 rings (SSSR count). The number of hydrogen-bond donors (Lipinski definition) is 1. The van der Waals surface area contributed by atoms with Crippen LogP contribution in [-0.4, -0.2) is 31.4 Å². The van der Waals surface area contributed by atoms with Gasteiger partial charge in [0.05, 0.1) is 6.10 Å². The van der Waals surface area contributed by atoms with Crippen molar-refractivity contribution < 1.29 is 14.3 Å². The first-order valence-electron chi connectivity index (χ1n) is 6.18. The third-order valence-electron chi connectivity index (χ3n) is 3.33. The third-order valence-corrected chi connectivity index (χ3v) is 7.81. The van der Waals surface area contributed by atoms with Gasteiger partial charge in [-0.15, -0.1) is 6.58 Å². The summed E-state index contributed by atoms with van der Waals surface area (Å²) in [6.45, 7) is 15.8. The van der Waals surface area contributed by atoms with Gasteiger partial charge in [-0.25, -0.2) is 0 Å². The van der Waals surface area contributed by atoms with Crippen molar-refractivity contribution in [3.8, 4) is 0 Å². The Hall–Kier alpha value is -0.713. The molecule has 4 heteroatoms. The highest BCUT2D eigenvalue weighted by molar-refractivity contribution is 6.74. The van der Waals surface area contributed by atoms with Crippen LogP contribution in [-0.2, 0) is 9.22 Å². The van der Waals surface area contributed by atoms with E-state index >= 15 is 0 Å². The maximum absolute atomic E-state index is 10.8. The number of carbonyl (C=O) groups is 1. The summed E-state index contributed by atoms with van der Waals surface area (Å²) in [5.41, 5.74) is 0. The number of aliphatic hydroxyl groups is 1. The fourth-order valence-electron chi connectivity index (χ4n) is 1.12. The minimum atomic E-state index is -1.96. The lowest BCUT2D eigenvalue weighted by Crippen LogP contribution is -2.46. The Labute approximate surface area is 112 Å². The van der Waals surface area contributed by atoms with Crippen LogP contribution in [0.3, 0.4) is 0 Å². The fourth-order valence-corrected chi connectivity index (χ4v) is 2.39. The lowest BCUT2D eigenvalue weighted by molar-refractivity contribution is -0.112. The zero-order valence-electron chi connectivity index (χ0n) is 12.4. The van der Waals surface area contributed by atoms with E-state index in [1.807, 2.05) is 0 Å². The van der Waals surface area contributed by atoms with Gasteiger partial charge in [0, 0.05) is 0 Å². The molecule has 0 aromatic rings. The summed E-state index contributed by atoms with van der Waals surface area (Å²) < 4.78 is 6.05. The average Bonchev–Trinajstić information content (AvgIpc) is 2.20. The molecule has 18 heavy (non-hydrogen) atoms. The second kappa shape index (κ2) is 6.45. The molecule has 0 heterocycles. The Bertz CT molecular complexity index is 326. The molecule has 0 aromatic carbocycles. The minimum Gasteiger partial charge on any atom is -0.408 e. The van der Waals surface area contributed by atoms with Crippen molar-refractivity contribution in [1.29, 1.82) is 0 Å². The Morgan fingerprint density at radius 2 is 1.89 bits per heavy atom. The first kappa shape index (κ1) is 17.3. The maximum atomic E-state index is 10.8. The van der Waals surface area contributed by atoms with Gasteiger partial charge in [-0.2, -0.15) is 0 Å². The van der Waals surface area contributed by atoms with Crippen molar-refractivity contribution in [1.82, 2.24) is 0 Å². The van der Waals surface area contributed by atoms with E-state index in [0.29, 0.717) is 0 Å². The van der Waals surface area contributed by atoms with Crippen LogP contribution in [0.1, 0.15) is 27.7 Å². The van der Waals surface area contributed by atoms with E-state index in [4.69, 9.17) is 4.43 Å². The zero-order valence-corrected chi connectivity index (χ0v) is 13.4. The van der Waals surface area contributed by atoms with Crippen molar-refractivity contribution in [2.75, 3.05) is 0 Å². The summed E-state index contributed by atoms with van der Waals surface area (Å²) in [5.74, 6) is -0.0933. The van der Waals surface area contributed by atoms with Gasteiger partial charge in [0.25, 0.3) is 0 Å². The average molecular weight is 270 g/mol. The standard InChI is InChI=1S/C14H26O3Si/c1-8-13(12(16)10-9-11(2)15)17-18(6,7)14(3,4)5/h8-10,12-13,16H,1H2,2-7H3/b10-9+/t12-,13-/m1/s1. The summed E-state index contributed by atoms with van der Waals surface area (Å²) in [7, 11) is -1.96. The van der Waals surface area contributed by atoms with Gasteiger partial charge in [-0.05, 0) is 37.2 Å². The predicted molar refractivity (Wildman–Crippen MR) is 78.1 cm³/mol. The highest BCUT2D eigenvalue weighted by atomic mass is 28.4. The minimum absolute atomic E-state index is 0.0677. The molecule has 104 valence electrons. The van der Waals surface area contributed by atoms with E-state index in [2.05, 4.69) is 40.4 Å². The smallest absolute Gasteiger partial charge is 0.193 e. The molecule has 0 aliphatic heterocycles. The lowest BCUT2D eigenvalue weighted by atomic mass is 10.2. The highest BCUT2D eigenvalue weighted by Crippen LogP contribution is 2.37. The molecular formula is C14H26O3Si. The van der Waals surface area contributed by atoms with Crippen LogP contribution >= 0.6 is 0 Å². The van der Waals surface area contributed by atoms with Crippen LogP contribution in [0.25, 0.3) is 0 Å². The lowest BCUT2D eigenvalue weighted by Gasteiger charge is -2.39. The second-order valence-corrected chi connectivity index (χ2v) is 10.8. The van der Waals surface area contributed by atoms with E-state index in [1.54, 1.807) is 6.08 Å². The van der Waals surface area contributed by atoms with Crippen LogP contribution in [0.2, 0.25) is 18.1 Å². The molecule has 0 spiro atoms. The monoisotopic (exact) mass is 270 g/mol. The third kappa shape index (κ3) is 5.29. The zero-order chi connectivity index (χ0) is 14.6. The normalized spacial score (nSPS) is 16.6. The summed E-state index contributed by atoms with van der Waals surface area (Å²) in [6.07, 6.45) is 3.11. The van der Waals surface area contributed by atoms with Crippen LogP contribution in [0.15, 0.2) is 24.8 Å². The molecule has 0 aromatic heterocycles. The van der Waals surface area contributed by atoms with Gasteiger partial charge in [-0.3, -0.25) is 4.79 Å². The van der Waals surface area contributed by atoms with Crippen molar-refractivity contribution >= 4 is 14.1 Å². The molecule has 0 amide bonds. The van der Waals surface area contributed by atoms with Crippen LogP contribution < -0.4 is 0 Å². The maximum Gasteiger partial charge on any atom is 0.193 e. The molecule has 0 unspecified atom stereocenters. The van der Waals surface area contributed by atoms with E-state index in [-0.39, 0.29) is 10.8 Å². The Morgan fingerprint density at radius 1 is 1.39 bits per heavy atom. The SMILES string of the molecule is C=C[C@@H](O[Si](C)(C)C(C)(C)C)[C@H](O)/C=C/C(C)=O. The van der Waals surface area contributed by atoms with Gasteiger partial charge in [0.15, 0.2) is 14.1 Å². The molecule has 0 aliphatic carbocycles. The van der Waals surface area contributed by atoms with Gasteiger partial charge in [0.1, 0.15) is 6.10 Å². The van der Waals surface area contributed by atoms with Crippen LogP contribution in [0.5, 0.6) is 0 Å². The van der Waals surface area contributed by atoms with E-state index in [9.17, 15) is 9.90 Å². The summed E-state index contributed by atoms with van der Waals surface area (Å²) in [4.78, 5) is 10.8. The molecule has 0 saturated carbocycles. The van der Waals surface area contributed by atoms with Crippen LogP contribution in [0.4, 0.5) is 0 Å². The second-order valence-electron chi connectivity index (χ2n) is 6.04. The van der Waals surface area contributed by atoms with Crippen molar-refractivity contribution in [3.05, 3.63) is 24.8 Å². The van der Waals surface area contributed by atoms with E-state index in [1.165, 1.54) is 19.1 Å². The van der Waals surface area contributed by atoms with Crippen molar-refractivity contribution in [2.24, 2.45) is 0 Å². The largest absolute Gasteiger partial charge is 0.408 e. The van der Waals surface area contributed by atoms with Gasteiger partial charge < -0.3 is 9.53 Å². The summed E-state index contributed by atoms with van der Waals surface area (Å²) in [5, 5.41) is 10.0. The van der Waals surface area contributed by atoms with E-state index in [0.717, 1.165) is 0 Å². The van der Waals surface area contributed by atoms with Gasteiger partial charge >= 0.3 is 0 Å². The predicted octanol–water partition coefficient (Wildman–Crippen LogP) is 3.07. The Kier molecular flexibility index (Phi) is 6.20. The van der Waals surface area contributed by atoms with E-state index < -0.39 is 20.5 Å². The molecule has 1 N–H and O–H groups in total. The fraction of sp³-hybridized carbons (Fsp3) is 0.643. The molecule has 0 aliphatic rings. The molecule has 0 radical (unpaired) electrons. The van der Waals surface area contributed by atoms with Crippen molar-refractivity contribution in [2.45, 2.75) is 58.0 Å². The molecule has 0 saturated heterocycles. The molecule has 0 fully saturated rings. The highest BCUT2D eigenvalue weighted by Gasteiger charge is 2.39. The number of hydrogen-bond acceptors (Lipinski definition) is 3. The first-order chi connectivity index (χ1) is 8.01. The first-order valence-corrected chi connectivity index (χ1v) is 9.09. The molecule has 0 bridgehead atoms. The number of allylic oxidation sites excluding steroid dienone is 1. The number of carbonyl (C=O) groups excluding carboxylic acids is 1. The Balaban J connectivity index is 4.81. The number of rotatable bonds is 6. The number of ketones is 1. The summed E-state index contributed by atoms with van der Waals surface area (Å²) >= 11 is 0. The molecule has 2 atom stereocenters. The quantitative estimate of drug-likeness (QED) is 0.458. The topological polar surface area (TPSA) is 46.5 Å². The molecular weight excluding hydrogens is 244 g/mol. The Morgan fingerprint density at radius 3 is 2.22 bits per heavy atom. The van der Waals surface area contributed by atoms with Crippen molar-refractivity contribution in [3.63, 3.8) is 0 Å². The van der Waals surface area contributed by atoms with Crippen LogP contribution in [0, 0.1) is 0 Å². The summed E-state index contributed by atoms with van der Waals surface area (Å²) in [6, 6.07) is 0.